The van der Waals surface area contributed by atoms with E-state index in [1.807, 2.05) is 0 Å². The Labute approximate surface area is 173 Å². The van der Waals surface area contributed by atoms with Crippen LogP contribution >= 0.6 is 0 Å². The van der Waals surface area contributed by atoms with Crippen LogP contribution in [0.25, 0.3) is 0 Å². The lowest BCUT2D eigenvalue weighted by molar-refractivity contribution is -0.146. The van der Waals surface area contributed by atoms with E-state index >= 15 is 0 Å². The smallest absolute Gasteiger partial charge is 0.314 e. The van der Waals surface area contributed by atoms with E-state index < -0.39 is 11.9 Å². The van der Waals surface area contributed by atoms with E-state index in [4.69, 9.17) is 5.73 Å². The molecule has 0 rings (SSSR count). The number of allylic oxidation sites excluding steroid dienone is 2. The molecular formula is C24H45NO3. The highest BCUT2D eigenvalue weighted by atomic mass is 16.4. The average molecular weight is 396 g/mol. The number of hydrogen-bond acceptors (Lipinski definition) is 3. The number of nitrogens with two attached hydrogens (primary N) is 1. The van der Waals surface area contributed by atoms with Crippen molar-refractivity contribution >= 4 is 11.8 Å². The van der Waals surface area contributed by atoms with Crippen molar-refractivity contribution in [3.05, 3.63) is 12.2 Å². The standard InChI is InChI=1S/C24H45NO3/c1-2-3-4-5-6-7-8-9-10-11-12-13-14-15-16-20-23(26)22(24(27)28)19-17-18-21-25/h9-10,22H,2-8,11-21,25H2,1H3,(H,27,28). The van der Waals surface area contributed by atoms with E-state index in [9.17, 15) is 14.7 Å². The Balaban J connectivity index is 3.53. The lowest BCUT2D eigenvalue weighted by atomic mass is 9.93. The molecule has 4 heteroatoms. The third-order valence-electron chi connectivity index (χ3n) is 5.32. The molecule has 0 radical (unpaired) electrons. The second-order valence-corrected chi connectivity index (χ2v) is 7.98. The zero-order valence-electron chi connectivity index (χ0n) is 18.3. The fourth-order valence-corrected chi connectivity index (χ4v) is 3.46. The quantitative estimate of drug-likeness (QED) is 0.133. The van der Waals surface area contributed by atoms with Crippen LogP contribution in [0.1, 0.15) is 116 Å². The highest BCUT2D eigenvalue weighted by Crippen LogP contribution is 2.15. The van der Waals surface area contributed by atoms with Crippen molar-refractivity contribution in [3.63, 3.8) is 0 Å². The van der Waals surface area contributed by atoms with Gasteiger partial charge in [0.25, 0.3) is 0 Å². The second-order valence-electron chi connectivity index (χ2n) is 7.98. The van der Waals surface area contributed by atoms with Gasteiger partial charge in [0.15, 0.2) is 0 Å². The maximum absolute atomic E-state index is 12.1. The summed E-state index contributed by atoms with van der Waals surface area (Å²) in [4.78, 5) is 23.3. The van der Waals surface area contributed by atoms with Gasteiger partial charge in [-0.05, 0) is 51.5 Å². The first-order chi connectivity index (χ1) is 13.6. The van der Waals surface area contributed by atoms with Crippen LogP contribution in [0.3, 0.4) is 0 Å². The van der Waals surface area contributed by atoms with Crippen molar-refractivity contribution in [2.24, 2.45) is 11.7 Å². The third kappa shape index (κ3) is 17.0. The molecule has 3 N–H and O–H groups in total. The second kappa shape index (κ2) is 20.6. The normalized spacial score (nSPS) is 12.5. The fourth-order valence-electron chi connectivity index (χ4n) is 3.46. The van der Waals surface area contributed by atoms with Crippen molar-refractivity contribution in [1.82, 2.24) is 0 Å². The van der Waals surface area contributed by atoms with Crippen LogP contribution in [0.15, 0.2) is 12.2 Å². The summed E-state index contributed by atoms with van der Waals surface area (Å²) in [5.41, 5.74) is 5.43. The Morgan fingerprint density at radius 2 is 1.32 bits per heavy atom. The Morgan fingerprint density at radius 1 is 0.786 bits per heavy atom. The third-order valence-corrected chi connectivity index (χ3v) is 5.32. The van der Waals surface area contributed by atoms with Gasteiger partial charge in [0.2, 0.25) is 0 Å². The Bertz CT molecular complexity index is 407. The number of carbonyl (C=O) groups is 2. The van der Waals surface area contributed by atoms with Gasteiger partial charge in [-0.2, -0.15) is 0 Å². The number of aliphatic carboxylic acids is 1. The number of Topliss-reactive ketones (excluding diaryl/α,β-unsaturated/α-hetero) is 1. The number of hydrogen-bond donors (Lipinski definition) is 2. The Kier molecular flexibility index (Phi) is 19.7. The van der Waals surface area contributed by atoms with E-state index in [2.05, 4.69) is 19.1 Å². The summed E-state index contributed by atoms with van der Waals surface area (Å²) in [5.74, 6) is -1.92. The van der Waals surface area contributed by atoms with Gasteiger partial charge < -0.3 is 10.8 Å². The van der Waals surface area contributed by atoms with Crippen LogP contribution in [0, 0.1) is 5.92 Å². The number of carboxylic acid groups (broad SMARTS) is 1. The van der Waals surface area contributed by atoms with Gasteiger partial charge in [-0.3, -0.25) is 9.59 Å². The van der Waals surface area contributed by atoms with Crippen molar-refractivity contribution < 1.29 is 14.7 Å². The molecule has 4 nitrogen and oxygen atoms in total. The van der Waals surface area contributed by atoms with Gasteiger partial charge in [-0.15, -0.1) is 0 Å². The minimum atomic E-state index is -0.977. The molecule has 0 amide bonds. The minimum Gasteiger partial charge on any atom is -0.481 e. The van der Waals surface area contributed by atoms with Crippen LogP contribution in [0.2, 0.25) is 0 Å². The maximum atomic E-state index is 12.1. The molecule has 0 aromatic carbocycles. The molecule has 0 aromatic rings. The summed E-state index contributed by atoms with van der Waals surface area (Å²) in [6.07, 6.45) is 22.8. The van der Waals surface area contributed by atoms with Crippen molar-refractivity contribution in [2.75, 3.05) is 6.54 Å². The predicted molar refractivity (Wildman–Crippen MR) is 118 cm³/mol. The largest absolute Gasteiger partial charge is 0.481 e. The summed E-state index contributed by atoms with van der Waals surface area (Å²) in [5, 5.41) is 9.21. The highest BCUT2D eigenvalue weighted by Gasteiger charge is 2.24. The first-order valence-corrected chi connectivity index (χ1v) is 11.7. The molecule has 1 unspecified atom stereocenters. The molecule has 0 spiro atoms. The molecule has 0 aliphatic carbocycles. The molecule has 28 heavy (non-hydrogen) atoms. The molecule has 0 heterocycles. The molecule has 0 fully saturated rings. The van der Waals surface area contributed by atoms with E-state index in [1.54, 1.807) is 0 Å². The van der Waals surface area contributed by atoms with E-state index in [1.165, 1.54) is 57.8 Å². The molecule has 0 aromatic heterocycles. The lowest BCUT2D eigenvalue weighted by Crippen LogP contribution is -2.24. The highest BCUT2D eigenvalue weighted by molar-refractivity contribution is 5.98. The SMILES string of the molecule is CCCCCCCCC=CCCCCCCCC(=O)C(CCCCN)C(=O)O. The molecule has 0 saturated carbocycles. The van der Waals surface area contributed by atoms with E-state index in [0.29, 0.717) is 25.8 Å². The number of carboxylic acids is 1. The van der Waals surface area contributed by atoms with Crippen LogP contribution in [0.5, 0.6) is 0 Å². The minimum absolute atomic E-state index is 0.109. The van der Waals surface area contributed by atoms with Gasteiger partial charge in [-0.25, -0.2) is 0 Å². The van der Waals surface area contributed by atoms with Gasteiger partial charge in [0, 0.05) is 6.42 Å². The van der Waals surface area contributed by atoms with Crippen LogP contribution in [0.4, 0.5) is 0 Å². The first kappa shape index (κ1) is 26.8. The molecule has 164 valence electrons. The van der Waals surface area contributed by atoms with Crippen molar-refractivity contribution in [2.45, 2.75) is 116 Å². The number of rotatable bonds is 21. The predicted octanol–water partition coefficient (Wildman–Crippen LogP) is 6.42. The lowest BCUT2D eigenvalue weighted by Gasteiger charge is -2.10. The van der Waals surface area contributed by atoms with Gasteiger partial charge >= 0.3 is 5.97 Å². The first-order valence-electron chi connectivity index (χ1n) is 11.7. The summed E-state index contributed by atoms with van der Waals surface area (Å²) < 4.78 is 0. The Hall–Kier alpha value is -1.16. The maximum Gasteiger partial charge on any atom is 0.314 e. The van der Waals surface area contributed by atoms with Gasteiger partial charge in [0.1, 0.15) is 11.7 Å². The topological polar surface area (TPSA) is 80.4 Å². The summed E-state index contributed by atoms with van der Waals surface area (Å²) in [6, 6.07) is 0. The van der Waals surface area contributed by atoms with Crippen molar-refractivity contribution in [3.8, 4) is 0 Å². The number of carbonyl (C=O) groups excluding carboxylic acids is 1. The molecule has 1 atom stereocenters. The monoisotopic (exact) mass is 395 g/mol. The average Bonchev–Trinajstić information content (AvgIpc) is 2.67. The zero-order valence-corrected chi connectivity index (χ0v) is 18.3. The summed E-state index contributed by atoms with van der Waals surface area (Å²) >= 11 is 0. The van der Waals surface area contributed by atoms with Gasteiger partial charge in [0.05, 0.1) is 0 Å². The fraction of sp³-hybridized carbons (Fsp3) is 0.833. The molecule has 0 aliphatic heterocycles. The summed E-state index contributed by atoms with van der Waals surface area (Å²) in [7, 11) is 0. The number of unbranched alkanes of at least 4 members (excludes halogenated alkanes) is 12. The number of ketones is 1. The van der Waals surface area contributed by atoms with Crippen LogP contribution in [-0.4, -0.2) is 23.4 Å². The van der Waals surface area contributed by atoms with Crippen molar-refractivity contribution in [1.29, 1.82) is 0 Å². The van der Waals surface area contributed by atoms with Gasteiger partial charge in [-0.1, -0.05) is 76.9 Å². The molecule has 0 bridgehead atoms. The molecule has 0 aliphatic rings. The van der Waals surface area contributed by atoms with E-state index in [-0.39, 0.29) is 5.78 Å². The summed E-state index contributed by atoms with van der Waals surface area (Å²) in [6.45, 7) is 2.80. The van der Waals surface area contributed by atoms with E-state index in [0.717, 1.165) is 32.1 Å². The zero-order chi connectivity index (χ0) is 20.9. The molecular weight excluding hydrogens is 350 g/mol. The Morgan fingerprint density at radius 3 is 1.86 bits per heavy atom. The van der Waals surface area contributed by atoms with Crippen LogP contribution in [-0.2, 0) is 9.59 Å². The molecule has 0 saturated heterocycles. The van der Waals surface area contributed by atoms with Crippen LogP contribution < -0.4 is 5.73 Å².